The highest BCUT2D eigenvalue weighted by molar-refractivity contribution is 5.52. The maximum absolute atomic E-state index is 4.49. The van der Waals surface area contributed by atoms with Gasteiger partial charge in [-0.1, -0.05) is 24.3 Å². The fourth-order valence-electron chi connectivity index (χ4n) is 3.01. The third-order valence-electron chi connectivity index (χ3n) is 4.38. The van der Waals surface area contributed by atoms with Crippen LogP contribution >= 0.6 is 0 Å². The largest absolute Gasteiger partial charge is 0.367 e. The molecule has 2 heterocycles. The third kappa shape index (κ3) is 2.58. The zero-order valence-electron chi connectivity index (χ0n) is 12.3. The predicted molar refractivity (Wildman–Crippen MR) is 84.5 cm³/mol. The first kappa shape index (κ1) is 12.6. The summed E-state index contributed by atoms with van der Waals surface area (Å²) in [5.74, 6) is 1.98. The van der Waals surface area contributed by atoms with Crippen LogP contribution in [-0.2, 0) is 13.0 Å². The van der Waals surface area contributed by atoms with Crippen LogP contribution in [0.3, 0.4) is 0 Å². The van der Waals surface area contributed by atoms with Gasteiger partial charge in [0.25, 0.3) is 0 Å². The van der Waals surface area contributed by atoms with Crippen LogP contribution in [0, 0.1) is 0 Å². The highest BCUT2D eigenvalue weighted by atomic mass is 15.2. The van der Waals surface area contributed by atoms with Crippen LogP contribution in [0.1, 0.15) is 30.9 Å². The van der Waals surface area contributed by atoms with Crippen molar-refractivity contribution in [2.24, 2.45) is 0 Å². The fourth-order valence-corrected chi connectivity index (χ4v) is 3.01. The normalized spacial score (nSPS) is 21.0. The standard InChI is InChI=1S/C17H20N4/c1-12-8-13-4-2-3-5-14(13)10-21(12)17-9-16(18-11-19-17)20-15-6-7-15/h2-5,9,11-12,15H,6-8,10H2,1H3,(H,18,19,20)/t12-/m0/s1. The summed E-state index contributed by atoms with van der Waals surface area (Å²) in [6, 6.07) is 11.9. The second kappa shape index (κ2) is 5.02. The molecule has 108 valence electrons. The summed E-state index contributed by atoms with van der Waals surface area (Å²) in [5.41, 5.74) is 2.87. The number of hydrogen-bond donors (Lipinski definition) is 1. The minimum atomic E-state index is 0.462. The highest BCUT2D eigenvalue weighted by Crippen LogP contribution is 2.29. The lowest BCUT2D eigenvalue weighted by Crippen LogP contribution is -2.38. The molecule has 0 bridgehead atoms. The van der Waals surface area contributed by atoms with Crippen molar-refractivity contribution in [2.75, 3.05) is 10.2 Å². The van der Waals surface area contributed by atoms with Gasteiger partial charge in [-0.15, -0.1) is 0 Å². The molecule has 1 aromatic carbocycles. The van der Waals surface area contributed by atoms with Crippen molar-refractivity contribution in [1.82, 2.24) is 9.97 Å². The fraction of sp³-hybridized carbons (Fsp3) is 0.412. The molecule has 2 aliphatic rings. The molecule has 1 N–H and O–H groups in total. The minimum Gasteiger partial charge on any atom is -0.367 e. The van der Waals surface area contributed by atoms with Gasteiger partial charge >= 0.3 is 0 Å². The van der Waals surface area contributed by atoms with E-state index in [1.165, 1.54) is 24.0 Å². The lowest BCUT2D eigenvalue weighted by molar-refractivity contribution is 0.586. The van der Waals surface area contributed by atoms with E-state index in [1.807, 2.05) is 0 Å². The monoisotopic (exact) mass is 280 g/mol. The van der Waals surface area contributed by atoms with Crippen LogP contribution in [0.5, 0.6) is 0 Å². The van der Waals surface area contributed by atoms with Crippen LogP contribution in [0.4, 0.5) is 11.6 Å². The van der Waals surface area contributed by atoms with E-state index >= 15 is 0 Å². The second-order valence-corrected chi connectivity index (χ2v) is 6.13. The summed E-state index contributed by atoms with van der Waals surface area (Å²) in [4.78, 5) is 11.2. The Bertz CT molecular complexity index is 651. The number of nitrogens with zero attached hydrogens (tertiary/aromatic N) is 3. The van der Waals surface area contributed by atoms with Crippen molar-refractivity contribution in [3.63, 3.8) is 0 Å². The molecular formula is C17H20N4. The Morgan fingerprint density at radius 3 is 2.76 bits per heavy atom. The molecule has 0 spiro atoms. The van der Waals surface area contributed by atoms with E-state index in [1.54, 1.807) is 6.33 Å². The molecular weight excluding hydrogens is 260 g/mol. The summed E-state index contributed by atoms with van der Waals surface area (Å²) >= 11 is 0. The molecule has 0 amide bonds. The van der Waals surface area contributed by atoms with Gasteiger partial charge < -0.3 is 10.2 Å². The number of anilines is 2. The van der Waals surface area contributed by atoms with E-state index in [2.05, 4.69) is 57.4 Å². The van der Waals surface area contributed by atoms with E-state index in [0.29, 0.717) is 12.1 Å². The maximum Gasteiger partial charge on any atom is 0.134 e. The minimum absolute atomic E-state index is 0.462. The van der Waals surface area contributed by atoms with Gasteiger partial charge in [0, 0.05) is 24.7 Å². The third-order valence-corrected chi connectivity index (χ3v) is 4.38. The topological polar surface area (TPSA) is 41.0 Å². The van der Waals surface area contributed by atoms with Crippen LogP contribution < -0.4 is 10.2 Å². The first-order valence-electron chi connectivity index (χ1n) is 7.71. The highest BCUT2D eigenvalue weighted by Gasteiger charge is 2.25. The Morgan fingerprint density at radius 1 is 1.14 bits per heavy atom. The van der Waals surface area contributed by atoms with E-state index in [0.717, 1.165) is 24.6 Å². The van der Waals surface area contributed by atoms with Crippen molar-refractivity contribution in [2.45, 2.75) is 44.8 Å². The average Bonchev–Trinajstić information content (AvgIpc) is 3.31. The summed E-state index contributed by atoms with van der Waals surface area (Å²) in [6.07, 6.45) is 5.26. The van der Waals surface area contributed by atoms with Gasteiger partial charge in [0.15, 0.2) is 0 Å². The summed E-state index contributed by atoms with van der Waals surface area (Å²) in [5, 5.41) is 3.45. The molecule has 0 unspecified atom stereocenters. The zero-order chi connectivity index (χ0) is 14.2. The maximum atomic E-state index is 4.49. The van der Waals surface area contributed by atoms with E-state index < -0.39 is 0 Å². The van der Waals surface area contributed by atoms with E-state index in [4.69, 9.17) is 0 Å². The molecule has 1 aliphatic heterocycles. The first-order valence-corrected chi connectivity index (χ1v) is 7.71. The van der Waals surface area contributed by atoms with Crippen molar-refractivity contribution in [1.29, 1.82) is 0 Å². The Kier molecular flexibility index (Phi) is 3.02. The van der Waals surface area contributed by atoms with Crippen molar-refractivity contribution in [3.8, 4) is 0 Å². The number of fused-ring (bicyclic) bond motifs is 1. The van der Waals surface area contributed by atoms with Gasteiger partial charge in [-0.3, -0.25) is 0 Å². The van der Waals surface area contributed by atoms with Crippen LogP contribution in [0.25, 0.3) is 0 Å². The van der Waals surface area contributed by atoms with Gasteiger partial charge in [-0.25, -0.2) is 9.97 Å². The summed E-state index contributed by atoms with van der Waals surface area (Å²) < 4.78 is 0. The van der Waals surface area contributed by atoms with Gasteiger partial charge in [0.05, 0.1) is 0 Å². The Morgan fingerprint density at radius 2 is 1.95 bits per heavy atom. The molecule has 1 aromatic heterocycles. The zero-order valence-corrected chi connectivity index (χ0v) is 12.3. The molecule has 0 saturated heterocycles. The van der Waals surface area contributed by atoms with Gasteiger partial charge in [-0.2, -0.15) is 0 Å². The van der Waals surface area contributed by atoms with Crippen LogP contribution in [0.15, 0.2) is 36.7 Å². The van der Waals surface area contributed by atoms with Crippen molar-refractivity contribution < 1.29 is 0 Å². The van der Waals surface area contributed by atoms with Crippen molar-refractivity contribution in [3.05, 3.63) is 47.8 Å². The predicted octanol–water partition coefficient (Wildman–Crippen LogP) is 3.00. The van der Waals surface area contributed by atoms with Crippen molar-refractivity contribution >= 4 is 11.6 Å². The smallest absolute Gasteiger partial charge is 0.134 e. The number of hydrogen-bond acceptors (Lipinski definition) is 4. The number of benzene rings is 1. The molecule has 1 saturated carbocycles. The second-order valence-electron chi connectivity index (χ2n) is 6.13. The lowest BCUT2D eigenvalue weighted by Gasteiger charge is -2.35. The number of rotatable bonds is 3. The number of nitrogens with one attached hydrogen (secondary N) is 1. The summed E-state index contributed by atoms with van der Waals surface area (Å²) in [7, 11) is 0. The Hall–Kier alpha value is -2.10. The molecule has 1 atom stereocenters. The molecule has 4 nitrogen and oxygen atoms in total. The molecule has 0 radical (unpaired) electrons. The molecule has 4 rings (SSSR count). The summed E-state index contributed by atoms with van der Waals surface area (Å²) in [6.45, 7) is 3.20. The van der Waals surface area contributed by atoms with Gasteiger partial charge in [-0.05, 0) is 37.3 Å². The quantitative estimate of drug-likeness (QED) is 0.938. The molecule has 2 aromatic rings. The first-order chi connectivity index (χ1) is 10.3. The Labute approximate surface area is 125 Å². The molecule has 1 fully saturated rings. The van der Waals surface area contributed by atoms with Gasteiger partial charge in [0.1, 0.15) is 18.0 Å². The Balaban J connectivity index is 1.60. The van der Waals surface area contributed by atoms with Gasteiger partial charge in [0.2, 0.25) is 0 Å². The number of aromatic nitrogens is 2. The SMILES string of the molecule is C[C@H]1Cc2ccccc2CN1c1cc(NC2CC2)ncn1. The van der Waals surface area contributed by atoms with Crippen LogP contribution in [-0.4, -0.2) is 22.1 Å². The average molecular weight is 280 g/mol. The van der Waals surface area contributed by atoms with E-state index in [9.17, 15) is 0 Å². The molecule has 4 heteroatoms. The van der Waals surface area contributed by atoms with E-state index in [-0.39, 0.29) is 0 Å². The van der Waals surface area contributed by atoms with Crippen LogP contribution in [0.2, 0.25) is 0 Å². The molecule has 21 heavy (non-hydrogen) atoms. The molecule has 1 aliphatic carbocycles. The lowest BCUT2D eigenvalue weighted by atomic mass is 9.95.